The lowest BCUT2D eigenvalue weighted by molar-refractivity contribution is -0.0161. The number of ether oxygens (including phenoxy) is 2. The Balaban J connectivity index is 2.43. The molecule has 0 saturated carbocycles. The molecule has 0 saturated heterocycles. The molecule has 0 spiro atoms. The molecule has 2 rings (SSSR count). The summed E-state index contributed by atoms with van der Waals surface area (Å²) in [5, 5.41) is 7.19. The summed E-state index contributed by atoms with van der Waals surface area (Å²) in [7, 11) is 1.62. The van der Waals surface area contributed by atoms with E-state index in [1.54, 1.807) is 7.11 Å². The van der Waals surface area contributed by atoms with Gasteiger partial charge in [0.2, 0.25) is 0 Å². The Hall–Kier alpha value is -2.40. The maximum absolute atomic E-state index is 8.53. The molecule has 8 heteroatoms. The van der Waals surface area contributed by atoms with Crippen molar-refractivity contribution in [3.63, 3.8) is 0 Å². The molecule has 0 N–H and O–H groups in total. The number of azide groups is 2. The van der Waals surface area contributed by atoms with Gasteiger partial charge in [-0.25, -0.2) is 0 Å². The molecule has 1 aliphatic heterocycles. The van der Waals surface area contributed by atoms with Crippen molar-refractivity contribution < 1.29 is 9.47 Å². The normalized spacial score (nSPS) is 19.9. The number of hydrogen-bond donors (Lipinski definition) is 0. The quantitative estimate of drug-likeness (QED) is 0.467. The fraction of sp³-hybridized carbons (Fsp3) is 0.538. The summed E-state index contributed by atoms with van der Waals surface area (Å²) >= 11 is 0. The minimum absolute atomic E-state index is 0.199. The van der Waals surface area contributed by atoms with Gasteiger partial charge in [0.1, 0.15) is 5.75 Å². The molecule has 8 nitrogen and oxygen atoms in total. The number of nitrogens with zero attached hydrogens (tertiary/aromatic N) is 6. The fourth-order valence-corrected chi connectivity index (χ4v) is 2.67. The van der Waals surface area contributed by atoms with Gasteiger partial charge in [-0.2, -0.15) is 0 Å². The molecule has 0 aromatic heterocycles. The third-order valence-electron chi connectivity index (χ3n) is 3.52. The van der Waals surface area contributed by atoms with E-state index in [9.17, 15) is 0 Å². The lowest BCUT2D eigenvalue weighted by Crippen LogP contribution is -2.30. The van der Waals surface area contributed by atoms with Gasteiger partial charge in [-0.15, -0.1) is 0 Å². The van der Waals surface area contributed by atoms with E-state index in [0.29, 0.717) is 6.42 Å². The summed E-state index contributed by atoms with van der Waals surface area (Å²) in [6.07, 6.45) is 0.00744. The largest absolute Gasteiger partial charge is 0.496 e. The van der Waals surface area contributed by atoms with Gasteiger partial charge in [-0.1, -0.05) is 16.3 Å². The molecule has 0 amide bonds. The number of fused-ring (bicyclic) bond motifs is 1. The number of rotatable bonds is 5. The van der Waals surface area contributed by atoms with Gasteiger partial charge >= 0.3 is 0 Å². The maximum atomic E-state index is 8.53. The molecule has 1 aromatic rings. The van der Waals surface area contributed by atoms with Gasteiger partial charge in [0.05, 0.1) is 32.4 Å². The predicted molar refractivity (Wildman–Crippen MR) is 77.1 cm³/mol. The van der Waals surface area contributed by atoms with Crippen molar-refractivity contribution in [2.45, 2.75) is 25.6 Å². The average molecular weight is 288 g/mol. The van der Waals surface area contributed by atoms with Gasteiger partial charge in [-0.05, 0) is 35.2 Å². The molecule has 21 heavy (non-hydrogen) atoms. The second kappa shape index (κ2) is 6.85. The van der Waals surface area contributed by atoms with Crippen molar-refractivity contribution in [2.75, 3.05) is 20.2 Å². The van der Waals surface area contributed by atoms with E-state index in [2.05, 4.69) is 20.1 Å². The summed E-state index contributed by atoms with van der Waals surface area (Å²) in [4.78, 5) is 5.56. The van der Waals surface area contributed by atoms with Crippen molar-refractivity contribution in [1.29, 1.82) is 0 Å². The minimum Gasteiger partial charge on any atom is -0.496 e. The van der Waals surface area contributed by atoms with Crippen LogP contribution >= 0.6 is 0 Å². The summed E-state index contributed by atoms with van der Waals surface area (Å²) in [5.41, 5.74) is 20.1. The summed E-state index contributed by atoms with van der Waals surface area (Å²) in [6, 6.07) is 3.87. The van der Waals surface area contributed by atoms with Crippen molar-refractivity contribution in [2.24, 2.45) is 10.2 Å². The van der Waals surface area contributed by atoms with Gasteiger partial charge in [0, 0.05) is 21.8 Å². The van der Waals surface area contributed by atoms with Gasteiger partial charge < -0.3 is 9.47 Å². The van der Waals surface area contributed by atoms with Crippen LogP contribution in [0.4, 0.5) is 0 Å². The third-order valence-corrected chi connectivity index (χ3v) is 3.52. The first-order chi connectivity index (χ1) is 10.2. The van der Waals surface area contributed by atoms with E-state index in [4.69, 9.17) is 20.5 Å². The molecule has 1 aliphatic rings. The van der Waals surface area contributed by atoms with E-state index in [1.165, 1.54) is 0 Å². The van der Waals surface area contributed by atoms with E-state index in [-0.39, 0.29) is 25.3 Å². The maximum Gasteiger partial charge on any atom is 0.122 e. The van der Waals surface area contributed by atoms with Crippen molar-refractivity contribution in [3.8, 4) is 5.75 Å². The van der Waals surface area contributed by atoms with Gasteiger partial charge in [0.25, 0.3) is 0 Å². The number of hydrogen-bond acceptors (Lipinski definition) is 4. The van der Waals surface area contributed by atoms with Gasteiger partial charge in [0.15, 0.2) is 0 Å². The molecule has 1 aromatic carbocycles. The van der Waals surface area contributed by atoms with Crippen LogP contribution in [0.15, 0.2) is 22.4 Å². The summed E-state index contributed by atoms with van der Waals surface area (Å²) in [5.74, 6) is 0.774. The van der Waals surface area contributed by atoms with Crippen LogP contribution < -0.4 is 4.74 Å². The Morgan fingerprint density at radius 3 is 2.67 bits per heavy atom. The lowest BCUT2D eigenvalue weighted by Gasteiger charge is -2.33. The molecule has 110 valence electrons. The standard InChI is InChI=1S/C13H16N6O2/c1-8-3-4-11(20-2)10-5-9(6-16-18-14)21-12(13(8)10)7-17-19-15/h3-4,9,12H,5-7H2,1-2H3. The Kier molecular flexibility index (Phi) is 4.90. The second-order valence-corrected chi connectivity index (χ2v) is 4.75. The first kappa shape index (κ1) is 15.0. The monoisotopic (exact) mass is 288 g/mol. The summed E-state index contributed by atoms with van der Waals surface area (Å²) in [6.45, 7) is 2.42. The molecular weight excluding hydrogens is 272 g/mol. The molecule has 2 unspecified atom stereocenters. The van der Waals surface area contributed by atoms with Crippen LogP contribution in [0, 0.1) is 6.92 Å². The highest BCUT2D eigenvalue weighted by Crippen LogP contribution is 2.38. The van der Waals surface area contributed by atoms with Crippen LogP contribution in [0.3, 0.4) is 0 Å². The minimum atomic E-state index is -0.348. The van der Waals surface area contributed by atoms with Crippen LogP contribution in [0.5, 0.6) is 5.75 Å². The van der Waals surface area contributed by atoms with E-state index >= 15 is 0 Å². The van der Waals surface area contributed by atoms with Crippen molar-refractivity contribution in [3.05, 3.63) is 49.7 Å². The van der Waals surface area contributed by atoms with Crippen molar-refractivity contribution >= 4 is 0 Å². The number of methoxy groups -OCH3 is 1. The predicted octanol–water partition coefficient (Wildman–Crippen LogP) is 3.61. The Bertz CT molecular complexity index is 619. The SMILES string of the molecule is COc1ccc(C)c2c1CC(CN=[N+]=[N-])OC2CN=[N+]=[N-]. The second-order valence-electron chi connectivity index (χ2n) is 4.75. The molecule has 0 bridgehead atoms. The highest BCUT2D eigenvalue weighted by molar-refractivity contribution is 5.47. The fourth-order valence-electron chi connectivity index (χ4n) is 2.67. The Labute approximate surface area is 121 Å². The van der Waals surface area contributed by atoms with E-state index in [0.717, 1.165) is 22.4 Å². The zero-order valence-corrected chi connectivity index (χ0v) is 11.9. The first-order valence-corrected chi connectivity index (χ1v) is 6.54. The van der Waals surface area contributed by atoms with Crippen molar-refractivity contribution in [1.82, 2.24) is 0 Å². The smallest absolute Gasteiger partial charge is 0.122 e. The molecule has 2 atom stereocenters. The molecule has 0 radical (unpaired) electrons. The zero-order valence-electron chi connectivity index (χ0n) is 11.9. The molecule has 0 aliphatic carbocycles. The highest BCUT2D eigenvalue weighted by atomic mass is 16.5. The Morgan fingerprint density at radius 1 is 1.29 bits per heavy atom. The first-order valence-electron chi connectivity index (χ1n) is 6.54. The van der Waals surface area contributed by atoms with Crippen LogP contribution in [-0.4, -0.2) is 26.3 Å². The van der Waals surface area contributed by atoms with Gasteiger partial charge in [-0.3, -0.25) is 0 Å². The van der Waals surface area contributed by atoms with Crippen LogP contribution in [0.2, 0.25) is 0 Å². The van der Waals surface area contributed by atoms with Crippen LogP contribution in [0.1, 0.15) is 22.8 Å². The zero-order chi connectivity index (χ0) is 15.2. The average Bonchev–Trinajstić information content (AvgIpc) is 2.50. The number of benzene rings is 1. The molecular formula is C13H16N6O2. The topological polar surface area (TPSA) is 116 Å². The molecule has 1 heterocycles. The molecule has 0 fully saturated rings. The summed E-state index contributed by atoms with van der Waals surface area (Å²) < 4.78 is 11.3. The van der Waals surface area contributed by atoms with E-state index in [1.807, 2.05) is 19.1 Å². The lowest BCUT2D eigenvalue weighted by atomic mass is 9.89. The van der Waals surface area contributed by atoms with Crippen LogP contribution in [-0.2, 0) is 11.2 Å². The third kappa shape index (κ3) is 3.20. The highest BCUT2D eigenvalue weighted by Gasteiger charge is 2.30. The Morgan fingerprint density at radius 2 is 2.00 bits per heavy atom. The van der Waals surface area contributed by atoms with Crippen LogP contribution in [0.25, 0.3) is 20.9 Å². The van der Waals surface area contributed by atoms with E-state index < -0.39 is 0 Å². The number of aryl methyl sites for hydroxylation is 1.